The van der Waals surface area contributed by atoms with E-state index in [1.54, 1.807) is 0 Å². The van der Waals surface area contributed by atoms with Crippen LogP contribution in [0.4, 0.5) is 0 Å². The van der Waals surface area contributed by atoms with E-state index in [0.29, 0.717) is 0 Å². The topological polar surface area (TPSA) is 48.1 Å². The number of nitrogens with one attached hydrogen (secondary N) is 4. The summed E-state index contributed by atoms with van der Waals surface area (Å²) in [7, 11) is 0. The van der Waals surface area contributed by atoms with Crippen LogP contribution in [0.5, 0.6) is 0 Å². The third kappa shape index (κ3) is 5.92. The van der Waals surface area contributed by atoms with Gasteiger partial charge in [0, 0.05) is 13.1 Å². The Kier molecular flexibility index (Phi) is 8.13. The van der Waals surface area contributed by atoms with Crippen molar-refractivity contribution >= 4 is 0 Å². The van der Waals surface area contributed by atoms with Crippen LogP contribution in [0.15, 0.2) is 60.7 Å². The molecule has 1 fully saturated rings. The molecule has 1 aliphatic rings. The minimum Gasteiger partial charge on any atom is -0.315 e. The van der Waals surface area contributed by atoms with Crippen LogP contribution in [0.25, 0.3) is 0 Å². The summed E-state index contributed by atoms with van der Waals surface area (Å²) in [6, 6.07) is 22.2. The molecule has 0 saturated carbocycles. The second-order valence-electron chi connectivity index (χ2n) is 6.89. The van der Waals surface area contributed by atoms with Gasteiger partial charge in [-0.1, -0.05) is 60.7 Å². The van der Waals surface area contributed by atoms with Crippen molar-refractivity contribution in [3.8, 4) is 0 Å². The molecular weight excluding hydrogens is 320 g/mol. The van der Waals surface area contributed by atoms with Gasteiger partial charge in [0.15, 0.2) is 0 Å². The van der Waals surface area contributed by atoms with Gasteiger partial charge in [-0.3, -0.25) is 0 Å². The molecule has 2 aromatic carbocycles. The van der Waals surface area contributed by atoms with E-state index in [0.717, 1.165) is 52.1 Å². The Morgan fingerprint density at radius 1 is 0.500 bits per heavy atom. The van der Waals surface area contributed by atoms with E-state index in [1.165, 1.54) is 11.1 Å². The zero-order chi connectivity index (χ0) is 17.9. The van der Waals surface area contributed by atoms with Crippen LogP contribution in [0.2, 0.25) is 0 Å². The molecule has 3 rings (SSSR count). The Morgan fingerprint density at radius 3 is 1.35 bits per heavy atom. The van der Waals surface area contributed by atoms with Crippen LogP contribution in [-0.4, -0.2) is 39.3 Å². The van der Waals surface area contributed by atoms with E-state index < -0.39 is 0 Å². The fraction of sp³-hybridized carbons (Fsp3) is 0.455. The van der Waals surface area contributed by atoms with Gasteiger partial charge in [-0.15, -0.1) is 0 Å². The molecule has 1 saturated heterocycles. The lowest BCUT2D eigenvalue weighted by molar-refractivity contribution is 0.375. The van der Waals surface area contributed by atoms with Crippen molar-refractivity contribution in [1.82, 2.24) is 21.3 Å². The van der Waals surface area contributed by atoms with Crippen LogP contribution in [-0.2, 0) is 0 Å². The van der Waals surface area contributed by atoms with Gasteiger partial charge in [0.1, 0.15) is 0 Å². The average Bonchev–Trinajstić information content (AvgIpc) is 2.70. The van der Waals surface area contributed by atoms with E-state index >= 15 is 0 Å². The Balaban J connectivity index is 1.81. The predicted molar refractivity (Wildman–Crippen MR) is 109 cm³/mol. The summed E-state index contributed by atoms with van der Waals surface area (Å²) >= 11 is 0. The van der Waals surface area contributed by atoms with E-state index in [2.05, 4.69) is 81.9 Å². The standard InChI is InChI=1S/C22H32N4/c1-3-9-19(10-4-1)21-22(20-11-5-2-6-12-20)26-16-8-14-24-18-17-23-13-7-15-25-21/h1-6,9-12,21-26H,7-8,13-18H2/t21-,22+. The Morgan fingerprint density at radius 2 is 0.923 bits per heavy atom. The fourth-order valence-corrected chi connectivity index (χ4v) is 3.55. The van der Waals surface area contributed by atoms with E-state index in [4.69, 9.17) is 0 Å². The molecule has 0 aliphatic carbocycles. The molecule has 140 valence electrons. The molecule has 2 atom stereocenters. The van der Waals surface area contributed by atoms with Gasteiger partial charge in [-0.05, 0) is 50.1 Å². The molecule has 0 bridgehead atoms. The predicted octanol–water partition coefficient (Wildman–Crippen LogP) is 2.62. The zero-order valence-electron chi connectivity index (χ0n) is 15.6. The summed E-state index contributed by atoms with van der Waals surface area (Å²) in [5.41, 5.74) is 2.68. The summed E-state index contributed by atoms with van der Waals surface area (Å²) in [5.74, 6) is 0. The molecule has 2 aromatic rings. The van der Waals surface area contributed by atoms with E-state index in [1.807, 2.05) is 0 Å². The molecule has 0 radical (unpaired) electrons. The van der Waals surface area contributed by atoms with Crippen molar-refractivity contribution in [2.24, 2.45) is 0 Å². The Bertz CT molecular complexity index is 547. The maximum Gasteiger partial charge on any atom is 0.0518 e. The molecule has 4 heteroatoms. The maximum absolute atomic E-state index is 3.82. The number of benzene rings is 2. The summed E-state index contributed by atoms with van der Waals surface area (Å²) in [6.45, 7) is 6.21. The lowest BCUT2D eigenvalue weighted by atomic mass is 9.93. The highest BCUT2D eigenvalue weighted by Crippen LogP contribution is 2.29. The van der Waals surface area contributed by atoms with Gasteiger partial charge in [-0.25, -0.2) is 0 Å². The van der Waals surface area contributed by atoms with Crippen LogP contribution in [0.1, 0.15) is 36.1 Å². The molecule has 1 heterocycles. The zero-order valence-corrected chi connectivity index (χ0v) is 15.6. The third-order valence-corrected chi connectivity index (χ3v) is 4.92. The van der Waals surface area contributed by atoms with Crippen LogP contribution < -0.4 is 21.3 Å². The lowest BCUT2D eigenvalue weighted by Crippen LogP contribution is -2.38. The average molecular weight is 353 g/mol. The number of rotatable bonds is 2. The highest BCUT2D eigenvalue weighted by molar-refractivity contribution is 5.27. The summed E-state index contributed by atoms with van der Waals surface area (Å²) in [6.07, 6.45) is 2.26. The number of hydrogen-bond acceptors (Lipinski definition) is 4. The van der Waals surface area contributed by atoms with Gasteiger partial charge in [0.25, 0.3) is 0 Å². The molecule has 0 amide bonds. The monoisotopic (exact) mass is 352 g/mol. The normalized spacial score (nSPS) is 23.8. The molecule has 0 unspecified atom stereocenters. The fourth-order valence-electron chi connectivity index (χ4n) is 3.55. The maximum atomic E-state index is 3.82. The summed E-state index contributed by atoms with van der Waals surface area (Å²) in [4.78, 5) is 0. The first kappa shape index (κ1) is 19.1. The minimum absolute atomic E-state index is 0.259. The van der Waals surface area contributed by atoms with Crippen molar-refractivity contribution in [3.05, 3.63) is 71.8 Å². The lowest BCUT2D eigenvalue weighted by Gasteiger charge is -2.30. The second kappa shape index (κ2) is 11.1. The first-order valence-corrected chi connectivity index (χ1v) is 9.93. The molecule has 26 heavy (non-hydrogen) atoms. The third-order valence-electron chi connectivity index (χ3n) is 4.92. The molecule has 0 spiro atoms. The molecule has 4 nitrogen and oxygen atoms in total. The van der Waals surface area contributed by atoms with Crippen LogP contribution in [0, 0.1) is 0 Å². The van der Waals surface area contributed by atoms with Gasteiger partial charge in [-0.2, -0.15) is 0 Å². The van der Waals surface area contributed by atoms with Crippen LogP contribution in [0.3, 0.4) is 0 Å². The van der Waals surface area contributed by atoms with Crippen molar-refractivity contribution in [2.45, 2.75) is 24.9 Å². The highest BCUT2D eigenvalue weighted by Gasteiger charge is 2.23. The minimum atomic E-state index is 0.259. The summed E-state index contributed by atoms with van der Waals surface area (Å²) in [5, 5.41) is 14.7. The Hall–Kier alpha value is -1.72. The van der Waals surface area contributed by atoms with Gasteiger partial charge in [0.05, 0.1) is 12.1 Å². The molecule has 0 aromatic heterocycles. The van der Waals surface area contributed by atoms with Crippen molar-refractivity contribution in [1.29, 1.82) is 0 Å². The van der Waals surface area contributed by atoms with E-state index in [-0.39, 0.29) is 12.1 Å². The smallest absolute Gasteiger partial charge is 0.0518 e. The molecule has 4 N–H and O–H groups in total. The first-order chi connectivity index (χ1) is 12.9. The largest absolute Gasteiger partial charge is 0.315 e. The molecule has 1 aliphatic heterocycles. The SMILES string of the molecule is c1ccc([C@H]2NCCCNCCNCCCN[C@H]2c2ccccc2)cc1. The van der Waals surface area contributed by atoms with Crippen molar-refractivity contribution in [2.75, 3.05) is 39.3 Å². The highest BCUT2D eigenvalue weighted by atomic mass is 15.0. The van der Waals surface area contributed by atoms with Gasteiger partial charge >= 0.3 is 0 Å². The second-order valence-corrected chi connectivity index (χ2v) is 6.89. The Labute approximate surface area is 157 Å². The van der Waals surface area contributed by atoms with E-state index in [9.17, 15) is 0 Å². The number of hydrogen-bond donors (Lipinski definition) is 4. The van der Waals surface area contributed by atoms with Gasteiger partial charge in [0.2, 0.25) is 0 Å². The summed E-state index contributed by atoms with van der Waals surface area (Å²) < 4.78 is 0. The van der Waals surface area contributed by atoms with Crippen molar-refractivity contribution < 1.29 is 0 Å². The van der Waals surface area contributed by atoms with Crippen LogP contribution >= 0.6 is 0 Å². The first-order valence-electron chi connectivity index (χ1n) is 9.93. The molecular formula is C22H32N4. The quantitative estimate of drug-likeness (QED) is 0.671. The van der Waals surface area contributed by atoms with Crippen molar-refractivity contribution in [3.63, 3.8) is 0 Å². The van der Waals surface area contributed by atoms with Gasteiger partial charge < -0.3 is 21.3 Å².